The Kier molecular flexibility index (Phi) is 6.58. The van der Waals surface area contributed by atoms with E-state index < -0.39 is 0 Å². The van der Waals surface area contributed by atoms with Gasteiger partial charge in [-0.15, -0.1) is 0 Å². The van der Waals surface area contributed by atoms with Crippen LogP contribution in [0.2, 0.25) is 5.02 Å². The Bertz CT molecular complexity index is 754. The highest BCUT2D eigenvalue weighted by Gasteiger charge is 2.04. The van der Waals surface area contributed by atoms with Crippen molar-refractivity contribution in [3.8, 4) is 0 Å². The van der Waals surface area contributed by atoms with Crippen LogP contribution in [0.4, 0.5) is 5.69 Å². The molecule has 0 unspecified atom stereocenters. The number of carbonyl (C=O) groups excluding carboxylic acids is 1. The normalized spacial score (nSPS) is 11.5. The van der Waals surface area contributed by atoms with E-state index in [1.807, 2.05) is 74.5 Å². The van der Waals surface area contributed by atoms with Crippen LogP contribution in [0.5, 0.6) is 0 Å². The maximum atomic E-state index is 11.9. The van der Waals surface area contributed by atoms with Gasteiger partial charge < -0.3 is 5.32 Å². The summed E-state index contributed by atoms with van der Waals surface area (Å²) in [6.45, 7) is 3.86. The second-order valence-corrected chi connectivity index (χ2v) is 5.71. The highest BCUT2D eigenvalue weighted by molar-refractivity contribution is 6.31. The lowest BCUT2D eigenvalue weighted by Crippen LogP contribution is -2.26. The molecule has 1 amide bonds. The van der Waals surface area contributed by atoms with Crippen LogP contribution in [0.15, 0.2) is 59.7 Å². The summed E-state index contributed by atoms with van der Waals surface area (Å²) < 4.78 is 0. The van der Waals surface area contributed by atoms with E-state index in [0.29, 0.717) is 10.7 Å². The number of allylic oxidation sites excluding steroid dienone is 1. The van der Waals surface area contributed by atoms with E-state index in [1.165, 1.54) is 0 Å². The van der Waals surface area contributed by atoms with E-state index in [0.717, 1.165) is 16.8 Å². The van der Waals surface area contributed by atoms with E-state index in [4.69, 9.17) is 11.6 Å². The Balaban J connectivity index is 1.83. The first-order valence-electron chi connectivity index (χ1n) is 7.61. The number of hydrogen-bond donors (Lipinski definition) is 2. The second-order valence-electron chi connectivity index (χ2n) is 5.30. The van der Waals surface area contributed by atoms with Crippen LogP contribution in [-0.4, -0.2) is 18.2 Å². The number of anilines is 1. The molecule has 5 heteroatoms. The summed E-state index contributed by atoms with van der Waals surface area (Å²) >= 11 is 6.05. The molecule has 0 saturated heterocycles. The van der Waals surface area contributed by atoms with Crippen LogP contribution < -0.4 is 10.7 Å². The van der Waals surface area contributed by atoms with Gasteiger partial charge in [-0.3, -0.25) is 4.79 Å². The summed E-state index contributed by atoms with van der Waals surface area (Å²) in [5, 5.41) is 7.77. The molecule has 0 aliphatic carbocycles. The molecule has 24 heavy (non-hydrogen) atoms. The molecule has 0 aliphatic rings. The van der Waals surface area contributed by atoms with Crippen molar-refractivity contribution >= 4 is 35.0 Å². The van der Waals surface area contributed by atoms with E-state index in [2.05, 4.69) is 15.8 Å². The van der Waals surface area contributed by atoms with E-state index >= 15 is 0 Å². The van der Waals surface area contributed by atoms with E-state index in [1.54, 1.807) is 0 Å². The minimum Gasteiger partial charge on any atom is -0.376 e. The van der Waals surface area contributed by atoms with Crippen molar-refractivity contribution in [3.05, 3.63) is 70.8 Å². The molecule has 124 valence electrons. The van der Waals surface area contributed by atoms with Crippen LogP contribution >= 0.6 is 11.6 Å². The zero-order chi connectivity index (χ0) is 17.4. The van der Waals surface area contributed by atoms with Gasteiger partial charge in [0.15, 0.2) is 0 Å². The second kappa shape index (κ2) is 8.89. The van der Waals surface area contributed by atoms with E-state index in [9.17, 15) is 4.79 Å². The number of hydrazone groups is 1. The summed E-state index contributed by atoms with van der Waals surface area (Å²) in [5.74, 6) is -0.221. The molecule has 0 spiro atoms. The molecule has 2 rings (SSSR count). The first-order chi connectivity index (χ1) is 11.6. The van der Waals surface area contributed by atoms with Crippen molar-refractivity contribution in [3.63, 3.8) is 0 Å². The van der Waals surface area contributed by atoms with Crippen molar-refractivity contribution in [2.45, 2.75) is 13.8 Å². The highest BCUT2D eigenvalue weighted by atomic mass is 35.5. The fourth-order valence-electron chi connectivity index (χ4n) is 1.98. The maximum Gasteiger partial charge on any atom is 0.259 e. The fourth-order valence-corrected chi connectivity index (χ4v) is 2.16. The third-order valence-electron chi connectivity index (χ3n) is 3.38. The summed E-state index contributed by atoms with van der Waals surface area (Å²) in [6, 6.07) is 15.4. The molecule has 0 saturated carbocycles. The Hall–Kier alpha value is -2.59. The van der Waals surface area contributed by atoms with Gasteiger partial charge in [0.1, 0.15) is 0 Å². The Labute approximate surface area is 147 Å². The largest absolute Gasteiger partial charge is 0.376 e. The fraction of sp³-hybridized carbons (Fsp3) is 0.158. The number of amides is 1. The smallest absolute Gasteiger partial charge is 0.259 e. The average Bonchev–Trinajstić information content (AvgIpc) is 2.60. The van der Waals surface area contributed by atoms with Crippen molar-refractivity contribution in [1.82, 2.24) is 5.43 Å². The van der Waals surface area contributed by atoms with Gasteiger partial charge in [-0.2, -0.15) is 5.10 Å². The summed E-state index contributed by atoms with van der Waals surface area (Å²) in [7, 11) is 0. The lowest BCUT2D eigenvalue weighted by atomic mass is 10.2. The monoisotopic (exact) mass is 341 g/mol. The molecule has 0 radical (unpaired) electrons. The molecule has 4 nitrogen and oxygen atoms in total. The number of halogens is 1. The first-order valence-corrected chi connectivity index (χ1v) is 7.99. The lowest BCUT2D eigenvalue weighted by Gasteiger charge is -2.09. The predicted molar refractivity (Wildman–Crippen MR) is 101 cm³/mol. The number of nitrogens with one attached hydrogen (secondary N) is 2. The minimum absolute atomic E-state index is 0.125. The van der Waals surface area contributed by atoms with Crippen LogP contribution in [0.1, 0.15) is 18.1 Å². The third kappa shape index (κ3) is 5.56. The molecule has 2 aromatic rings. The number of carbonyl (C=O) groups is 1. The van der Waals surface area contributed by atoms with Crippen molar-refractivity contribution in [2.24, 2.45) is 5.10 Å². The van der Waals surface area contributed by atoms with Crippen molar-refractivity contribution in [1.29, 1.82) is 0 Å². The quantitative estimate of drug-likeness (QED) is 0.609. The predicted octanol–water partition coefficient (Wildman–Crippen LogP) is 4.27. The van der Waals surface area contributed by atoms with Gasteiger partial charge in [0, 0.05) is 10.7 Å². The van der Waals surface area contributed by atoms with E-state index in [-0.39, 0.29) is 12.5 Å². The SMILES string of the molecule is CC(/C=C\c1ccccc1)=N/NC(=O)CNc1cccc(Cl)c1C. The maximum absolute atomic E-state index is 11.9. The summed E-state index contributed by atoms with van der Waals surface area (Å²) in [5.41, 5.74) is 6.07. The Morgan fingerprint density at radius 2 is 1.92 bits per heavy atom. The number of rotatable bonds is 6. The van der Waals surface area contributed by atoms with Crippen molar-refractivity contribution < 1.29 is 4.79 Å². The van der Waals surface area contributed by atoms with Crippen LogP contribution in [0.3, 0.4) is 0 Å². The molecule has 0 fully saturated rings. The zero-order valence-corrected chi connectivity index (χ0v) is 14.5. The standard InChI is InChI=1S/C19H20ClN3O/c1-14(11-12-16-7-4-3-5-8-16)22-23-19(24)13-21-18-10-6-9-17(20)15(18)2/h3-12,21H,13H2,1-2H3,(H,23,24)/b12-11-,22-14-. The number of benzene rings is 2. The zero-order valence-electron chi connectivity index (χ0n) is 13.7. The van der Waals surface area contributed by atoms with Crippen LogP contribution in [-0.2, 0) is 4.79 Å². The summed E-state index contributed by atoms with van der Waals surface area (Å²) in [4.78, 5) is 11.9. The molecule has 0 atom stereocenters. The van der Waals surface area contributed by atoms with Gasteiger partial charge in [-0.25, -0.2) is 5.43 Å². The van der Waals surface area contributed by atoms with Gasteiger partial charge in [-0.1, -0.05) is 54.1 Å². The Morgan fingerprint density at radius 1 is 1.17 bits per heavy atom. The molecular formula is C19H20ClN3O. The Morgan fingerprint density at radius 3 is 2.67 bits per heavy atom. The highest BCUT2D eigenvalue weighted by Crippen LogP contribution is 2.22. The topological polar surface area (TPSA) is 53.5 Å². The lowest BCUT2D eigenvalue weighted by molar-refractivity contribution is -0.119. The van der Waals surface area contributed by atoms with Gasteiger partial charge in [0.25, 0.3) is 5.91 Å². The third-order valence-corrected chi connectivity index (χ3v) is 3.79. The number of hydrogen-bond acceptors (Lipinski definition) is 3. The van der Waals surface area contributed by atoms with Crippen molar-refractivity contribution in [2.75, 3.05) is 11.9 Å². The van der Waals surface area contributed by atoms with Gasteiger partial charge >= 0.3 is 0 Å². The van der Waals surface area contributed by atoms with Crippen LogP contribution in [0, 0.1) is 6.92 Å². The number of nitrogens with zero attached hydrogens (tertiary/aromatic N) is 1. The molecular weight excluding hydrogens is 322 g/mol. The first kappa shape index (κ1) is 17.8. The minimum atomic E-state index is -0.221. The average molecular weight is 342 g/mol. The van der Waals surface area contributed by atoms with Gasteiger partial charge in [0.05, 0.1) is 12.3 Å². The van der Waals surface area contributed by atoms with Gasteiger partial charge in [-0.05, 0) is 43.2 Å². The van der Waals surface area contributed by atoms with Gasteiger partial charge in [0.2, 0.25) is 0 Å². The molecule has 2 aromatic carbocycles. The van der Waals surface area contributed by atoms with Crippen LogP contribution in [0.25, 0.3) is 6.08 Å². The molecule has 2 N–H and O–H groups in total. The molecule has 0 bridgehead atoms. The molecule has 0 aromatic heterocycles. The molecule has 0 heterocycles. The molecule has 0 aliphatic heterocycles. The summed E-state index contributed by atoms with van der Waals surface area (Å²) in [6.07, 6.45) is 3.79.